The van der Waals surface area contributed by atoms with Crippen LogP contribution in [0, 0.1) is 0 Å². The van der Waals surface area contributed by atoms with Crippen molar-refractivity contribution in [3.05, 3.63) is 59.7 Å². The molecular formula is C25H29N3O4. The molecule has 0 aliphatic carbocycles. The molecule has 0 aromatic heterocycles. The zero-order chi connectivity index (χ0) is 21.9. The number of hydrogen-bond donors (Lipinski definition) is 1. The van der Waals surface area contributed by atoms with Crippen molar-refractivity contribution < 1.29 is 19.1 Å². The zero-order valence-electron chi connectivity index (χ0n) is 18.2. The zero-order valence-corrected chi connectivity index (χ0v) is 18.2. The van der Waals surface area contributed by atoms with Crippen molar-refractivity contribution in [2.45, 2.75) is 38.0 Å². The number of carbonyl (C=O) groups is 2. The van der Waals surface area contributed by atoms with Gasteiger partial charge >= 0.3 is 0 Å². The molecule has 2 amide bonds. The van der Waals surface area contributed by atoms with Crippen molar-refractivity contribution in [1.82, 2.24) is 9.80 Å². The number of nitrogens with one attached hydrogen (secondary N) is 1. The summed E-state index contributed by atoms with van der Waals surface area (Å²) in [6.07, 6.45) is 3.68. The Morgan fingerprint density at radius 2 is 1.84 bits per heavy atom. The predicted octanol–water partition coefficient (Wildman–Crippen LogP) is 3.43. The molecule has 2 aromatic rings. The number of ether oxygens (including phenoxy) is 2. The van der Waals surface area contributed by atoms with E-state index >= 15 is 0 Å². The van der Waals surface area contributed by atoms with Crippen molar-refractivity contribution in [3.63, 3.8) is 0 Å². The Bertz CT molecular complexity index is 983. The Morgan fingerprint density at radius 3 is 2.66 bits per heavy atom. The highest BCUT2D eigenvalue weighted by Crippen LogP contribution is 2.37. The molecule has 2 saturated heterocycles. The smallest absolute Gasteiger partial charge is 0.260 e. The summed E-state index contributed by atoms with van der Waals surface area (Å²) in [5, 5.41) is 3.53. The second kappa shape index (κ2) is 9.20. The summed E-state index contributed by atoms with van der Waals surface area (Å²) in [5.74, 6) is 0.594. The fourth-order valence-corrected chi connectivity index (χ4v) is 4.77. The summed E-state index contributed by atoms with van der Waals surface area (Å²) in [5.41, 5.74) is 2.29. The molecule has 2 aromatic carbocycles. The number of hydrogen-bond acceptors (Lipinski definition) is 5. The van der Waals surface area contributed by atoms with Gasteiger partial charge in [-0.05, 0) is 43.9 Å². The molecule has 5 rings (SSSR count). The third-order valence-corrected chi connectivity index (χ3v) is 6.47. The molecule has 32 heavy (non-hydrogen) atoms. The number of nitrogens with zero attached hydrogens (tertiary/aromatic N) is 2. The first-order chi connectivity index (χ1) is 15.7. The lowest BCUT2D eigenvalue weighted by Gasteiger charge is -2.39. The number of rotatable bonds is 6. The van der Waals surface area contributed by atoms with Gasteiger partial charge in [0.2, 0.25) is 0 Å². The Balaban J connectivity index is 1.42. The molecule has 2 fully saturated rings. The van der Waals surface area contributed by atoms with Crippen LogP contribution in [0.5, 0.6) is 5.75 Å². The van der Waals surface area contributed by atoms with Gasteiger partial charge in [0.25, 0.3) is 11.8 Å². The number of fused-ring (bicyclic) bond motifs is 1. The maximum atomic E-state index is 13.5. The van der Waals surface area contributed by atoms with Crippen LogP contribution in [0.3, 0.4) is 0 Å². The molecule has 7 nitrogen and oxygen atoms in total. The number of carbonyl (C=O) groups excluding carboxylic acids is 2. The van der Waals surface area contributed by atoms with Crippen molar-refractivity contribution in [2.75, 3.05) is 38.2 Å². The summed E-state index contributed by atoms with van der Waals surface area (Å²) >= 11 is 0. The topological polar surface area (TPSA) is 71.1 Å². The second-order valence-electron chi connectivity index (χ2n) is 8.60. The molecule has 0 spiro atoms. The van der Waals surface area contributed by atoms with Crippen LogP contribution in [0.25, 0.3) is 0 Å². The SMILES string of the molecule is O=C(COc1ccccc1C1Nc2ccccc2C(=O)N1CC1CCCO1)N1CCCC1. The van der Waals surface area contributed by atoms with Crippen LogP contribution in [-0.4, -0.2) is 60.6 Å². The van der Waals surface area contributed by atoms with E-state index in [1.807, 2.05) is 58.3 Å². The van der Waals surface area contributed by atoms with E-state index < -0.39 is 6.17 Å². The van der Waals surface area contributed by atoms with Crippen molar-refractivity contribution in [3.8, 4) is 5.75 Å². The predicted molar refractivity (Wildman–Crippen MR) is 121 cm³/mol. The quantitative estimate of drug-likeness (QED) is 0.753. The Morgan fingerprint density at radius 1 is 1.06 bits per heavy atom. The van der Waals surface area contributed by atoms with E-state index in [-0.39, 0.29) is 24.5 Å². The van der Waals surface area contributed by atoms with E-state index in [1.165, 1.54) is 0 Å². The molecule has 168 valence electrons. The Kier molecular flexibility index (Phi) is 5.99. The summed E-state index contributed by atoms with van der Waals surface area (Å²) in [6, 6.07) is 15.2. The standard InChI is InChI=1S/C25H29N3O4/c29-23(27-13-5-6-14-27)17-32-22-12-4-2-10-20(22)24-26-21-11-3-1-9-19(21)25(30)28(24)16-18-8-7-15-31-18/h1-4,9-12,18,24,26H,5-8,13-17H2. The first kappa shape index (κ1) is 20.8. The number of benzene rings is 2. The van der Waals surface area contributed by atoms with Gasteiger partial charge in [0.15, 0.2) is 6.61 Å². The third-order valence-electron chi connectivity index (χ3n) is 6.47. The summed E-state index contributed by atoms with van der Waals surface area (Å²) in [4.78, 5) is 29.7. The molecule has 2 atom stereocenters. The highest BCUT2D eigenvalue weighted by Gasteiger charge is 2.36. The van der Waals surface area contributed by atoms with Gasteiger partial charge in [-0.2, -0.15) is 0 Å². The van der Waals surface area contributed by atoms with Crippen LogP contribution in [0.4, 0.5) is 5.69 Å². The van der Waals surface area contributed by atoms with Gasteiger partial charge in [-0.25, -0.2) is 0 Å². The number of amides is 2. The van der Waals surface area contributed by atoms with Gasteiger partial charge in [-0.1, -0.05) is 30.3 Å². The molecule has 0 radical (unpaired) electrons. The maximum Gasteiger partial charge on any atom is 0.260 e. The summed E-state index contributed by atoms with van der Waals surface area (Å²) < 4.78 is 11.8. The van der Waals surface area contributed by atoms with Crippen LogP contribution in [0.15, 0.2) is 48.5 Å². The van der Waals surface area contributed by atoms with E-state index in [0.29, 0.717) is 17.9 Å². The number of anilines is 1. The second-order valence-corrected chi connectivity index (χ2v) is 8.60. The van der Waals surface area contributed by atoms with Gasteiger partial charge in [-0.3, -0.25) is 9.59 Å². The van der Waals surface area contributed by atoms with E-state index in [1.54, 1.807) is 0 Å². The lowest BCUT2D eigenvalue weighted by atomic mass is 10.0. The van der Waals surface area contributed by atoms with Gasteiger partial charge in [-0.15, -0.1) is 0 Å². The molecule has 0 saturated carbocycles. The molecular weight excluding hydrogens is 406 g/mol. The van der Waals surface area contributed by atoms with Crippen LogP contribution in [0.1, 0.15) is 47.8 Å². The largest absolute Gasteiger partial charge is 0.483 e. The van der Waals surface area contributed by atoms with E-state index in [2.05, 4.69) is 5.32 Å². The van der Waals surface area contributed by atoms with Gasteiger partial charge in [0, 0.05) is 37.5 Å². The Hall–Kier alpha value is -3.06. The monoisotopic (exact) mass is 435 g/mol. The molecule has 7 heteroatoms. The van der Waals surface area contributed by atoms with Crippen molar-refractivity contribution in [1.29, 1.82) is 0 Å². The summed E-state index contributed by atoms with van der Waals surface area (Å²) in [6.45, 7) is 2.84. The molecule has 3 aliphatic rings. The fraction of sp³-hybridized carbons (Fsp3) is 0.440. The van der Waals surface area contributed by atoms with Gasteiger partial charge in [0.05, 0.1) is 11.7 Å². The minimum absolute atomic E-state index is 0.00000283. The maximum absolute atomic E-state index is 13.5. The number of para-hydroxylation sites is 2. The average Bonchev–Trinajstić information content (AvgIpc) is 3.54. The van der Waals surface area contributed by atoms with E-state index in [4.69, 9.17) is 9.47 Å². The van der Waals surface area contributed by atoms with Gasteiger partial charge in [0.1, 0.15) is 11.9 Å². The van der Waals surface area contributed by atoms with E-state index in [9.17, 15) is 9.59 Å². The Labute approximate surface area is 188 Å². The third kappa shape index (κ3) is 4.17. The van der Waals surface area contributed by atoms with Crippen LogP contribution in [0.2, 0.25) is 0 Å². The van der Waals surface area contributed by atoms with Gasteiger partial charge < -0.3 is 24.6 Å². The van der Waals surface area contributed by atoms with Crippen LogP contribution in [-0.2, 0) is 9.53 Å². The number of likely N-dealkylation sites (tertiary alicyclic amines) is 1. The highest BCUT2D eigenvalue weighted by atomic mass is 16.5. The van der Waals surface area contributed by atoms with E-state index in [0.717, 1.165) is 56.6 Å². The van der Waals surface area contributed by atoms with Crippen LogP contribution >= 0.6 is 0 Å². The average molecular weight is 436 g/mol. The first-order valence-corrected chi connectivity index (χ1v) is 11.5. The minimum atomic E-state index is -0.403. The molecule has 0 bridgehead atoms. The molecule has 2 unspecified atom stereocenters. The lowest BCUT2D eigenvalue weighted by Crippen LogP contribution is -2.46. The van der Waals surface area contributed by atoms with Crippen LogP contribution < -0.4 is 10.1 Å². The minimum Gasteiger partial charge on any atom is -0.483 e. The molecule has 3 heterocycles. The lowest BCUT2D eigenvalue weighted by molar-refractivity contribution is -0.132. The fourth-order valence-electron chi connectivity index (χ4n) is 4.77. The summed E-state index contributed by atoms with van der Waals surface area (Å²) in [7, 11) is 0. The first-order valence-electron chi connectivity index (χ1n) is 11.5. The molecule has 3 aliphatic heterocycles. The highest BCUT2D eigenvalue weighted by molar-refractivity contribution is 6.01. The molecule has 1 N–H and O–H groups in total. The van der Waals surface area contributed by atoms with Crippen molar-refractivity contribution >= 4 is 17.5 Å². The normalized spacial score (nSPS) is 22.6. The van der Waals surface area contributed by atoms with Crippen molar-refractivity contribution in [2.24, 2.45) is 0 Å².